The van der Waals surface area contributed by atoms with E-state index >= 15 is 0 Å². The van der Waals surface area contributed by atoms with Crippen LogP contribution in [-0.4, -0.2) is 16.2 Å². The van der Waals surface area contributed by atoms with Crippen molar-refractivity contribution in [1.29, 1.82) is 0 Å². The van der Waals surface area contributed by atoms with Gasteiger partial charge < -0.3 is 10.5 Å². The van der Waals surface area contributed by atoms with Gasteiger partial charge in [0.1, 0.15) is 5.75 Å². The molecule has 0 spiro atoms. The lowest BCUT2D eigenvalue weighted by molar-refractivity contribution is 0.415. The normalized spacial score (nSPS) is 12.7. The molecule has 2 rings (SSSR count). The second kappa shape index (κ2) is 4.30. The zero-order chi connectivity index (χ0) is 13.4. The van der Waals surface area contributed by atoms with Gasteiger partial charge in [0.25, 0.3) is 5.56 Å². The van der Waals surface area contributed by atoms with Crippen LogP contribution in [0.1, 0.15) is 13.1 Å². The van der Waals surface area contributed by atoms with Crippen LogP contribution in [0.5, 0.6) is 5.75 Å². The Labute approximate surface area is 103 Å². The van der Waals surface area contributed by atoms with E-state index in [4.69, 9.17) is 10.5 Å². The predicted octanol–water partition coefficient (Wildman–Crippen LogP) is 0.186. The Bertz CT molecular complexity index is 713. The summed E-state index contributed by atoms with van der Waals surface area (Å²) in [5.41, 5.74) is 5.37. The highest BCUT2D eigenvalue weighted by molar-refractivity contribution is 5.79. The molecule has 18 heavy (non-hydrogen) atoms. The number of fused-ring (bicyclic) bond motifs is 1. The predicted molar refractivity (Wildman–Crippen MR) is 68.9 cm³/mol. The molecule has 1 aromatic heterocycles. The molecule has 2 N–H and O–H groups in total. The lowest BCUT2D eigenvalue weighted by Crippen LogP contribution is -2.43. The van der Waals surface area contributed by atoms with Crippen LogP contribution >= 0.6 is 0 Å². The summed E-state index contributed by atoms with van der Waals surface area (Å²) in [7, 11) is 3.13. The standard InChI is InChI=1S/C12H15N3O3/c1-7(13)15-11(16)9-5-4-8(18-3)6-10(9)14(2)12(15)17/h4-7H,13H2,1-3H3. The monoisotopic (exact) mass is 249 g/mol. The van der Waals surface area contributed by atoms with Gasteiger partial charge in [-0.15, -0.1) is 0 Å². The van der Waals surface area contributed by atoms with Gasteiger partial charge in [-0.3, -0.25) is 9.36 Å². The number of benzene rings is 1. The molecule has 1 atom stereocenters. The number of aryl methyl sites for hydroxylation is 1. The molecule has 96 valence electrons. The van der Waals surface area contributed by atoms with Crippen LogP contribution in [0, 0.1) is 0 Å². The van der Waals surface area contributed by atoms with Crippen LogP contribution in [0.4, 0.5) is 0 Å². The van der Waals surface area contributed by atoms with Crippen LogP contribution in [0.2, 0.25) is 0 Å². The largest absolute Gasteiger partial charge is 0.497 e. The fraction of sp³-hybridized carbons (Fsp3) is 0.333. The van der Waals surface area contributed by atoms with Gasteiger partial charge >= 0.3 is 5.69 Å². The summed E-state index contributed by atoms with van der Waals surface area (Å²) < 4.78 is 7.51. The third-order valence-electron chi connectivity index (χ3n) is 2.92. The van der Waals surface area contributed by atoms with Gasteiger partial charge in [-0.05, 0) is 19.1 Å². The number of methoxy groups -OCH3 is 1. The Morgan fingerprint density at radius 2 is 2.00 bits per heavy atom. The van der Waals surface area contributed by atoms with E-state index in [2.05, 4.69) is 0 Å². The topological polar surface area (TPSA) is 79.2 Å². The van der Waals surface area contributed by atoms with Gasteiger partial charge in [-0.25, -0.2) is 9.36 Å². The first-order valence-electron chi connectivity index (χ1n) is 5.52. The minimum absolute atomic E-state index is 0.384. The molecule has 0 radical (unpaired) electrons. The first-order valence-corrected chi connectivity index (χ1v) is 5.52. The summed E-state index contributed by atoms with van der Waals surface area (Å²) in [4.78, 5) is 24.2. The first-order chi connectivity index (χ1) is 8.47. The zero-order valence-electron chi connectivity index (χ0n) is 10.5. The number of aromatic nitrogens is 2. The minimum atomic E-state index is -0.664. The fourth-order valence-electron chi connectivity index (χ4n) is 1.94. The number of rotatable bonds is 2. The summed E-state index contributed by atoms with van der Waals surface area (Å²) in [5.74, 6) is 0.593. The first kappa shape index (κ1) is 12.4. The van der Waals surface area contributed by atoms with E-state index in [9.17, 15) is 9.59 Å². The maximum atomic E-state index is 12.2. The SMILES string of the molecule is COc1ccc2c(=O)n(C(C)N)c(=O)n(C)c2c1. The van der Waals surface area contributed by atoms with E-state index < -0.39 is 11.9 Å². The summed E-state index contributed by atoms with van der Waals surface area (Å²) in [6, 6.07) is 4.97. The van der Waals surface area contributed by atoms with E-state index in [0.29, 0.717) is 16.7 Å². The highest BCUT2D eigenvalue weighted by atomic mass is 16.5. The van der Waals surface area contributed by atoms with Gasteiger partial charge in [0.15, 0.2) is 0 Å². The Hall–Kier alpha value is -2.08. The van der Waals surface area contributed by atoms with Gasteiger partial charge in [-0.2, -0.15) is 0 Å². The fourth-order valence-corrected chi connectivity index (χ4v) is 1.94. The van der Waals surface area contributed by atoms with E-state index in [0.717, 1.165) is 4.57 Å². The molecule has 6 nitrogen and oxygen atoms in total. The van der Waals surface area contributed by atoms with Gasteiger partial charge in [0.2, 0.25) is 0 Å². The van der Waals surface area contributed by atoms with E-state index in [1.54, 1.807) is 32.2 Å². The second-order valence-corrected chi connectivity index (χ2v) is 4.14. The van der Waals surface area contributed by atoms with Gasteiger partial charge in [0, 0.05) is 13.1 Å². The zero-order valence-corrected chi connectivity index (χ0v) is 10.5. The number of ether oxygens (including phenoxy) is 1. The number of nitrogens with zero attached hydrogens (tertiary/aromatic N) is 2. The van der Waals surface area contributed by atoms with Gasteiger partial charge in [-0.1, -0.05) is 0 Å². The molecule has 0 fully saturated rings. The minimum Gasteiger partial charge on any atom is -0.497 e. The summed E-state index contributed by atoms with van der Waals surface area (Å²) >= 11 is 0. The third kappa shape index (κ3) is 1.70. The van der Waals surface area contributed by atoms with Crippen molar-refractivity contribution in [1.82, 2.24) is 9.13 Å². The molecule has 6 heteroatoms. The lowest BCUT2D eigenvalue weighted by Gasteiger charge is -2.13. The molecule has 1 unspecified atom stereocenters. The molecule has 2 aromatic rings. The van der Waals surface area contributed by atoms with Crippen LogP contribution < -0.4 is 21.7 Å². The van der Waals surface area contributed by atoms with Crippen molar-refractivity contribution >= 4 is 10.9 Å². The quantitative estimate of drug-likeness (QED) is 0.823. The van der Waals surface area contributed by atoms with Gasteiger partial charge in [0.05, 0.1) is 24.2 Å². The summed E-state index contributed by atoms with van der Waals surface area (Å²) in [5, 5.41) is 0.440. The molecule has 1 heterocycles. The molecule has 0 aliphatic rings. The summed E-state index contributed by atoms with van der Waals surface area (Å²) in [6.45, 7) is 1.60. The Balaban J connectivity index is 2.98. The number of hydrogen-bond donors (Lipinski definition) is 1. The molecular weight excluding hydrogens is 234 g/mol. The van der Waals surface area contributed by atoms with E-state index in [1.807, 2.05) is 0 Å². The number of hydrogen-bond acceptors (Lipinski definition) is 4. The second-order valence-electron chi connectivity index (χ2n) is 4.14. The molecule has 0 amide bonds. The van der Waals surface area contributed by atoms with Crippen molar-refractivity contribution < 1.29 is 4.74 Å². The number of nitrogens with two attached hydrogens (primary N) is 1. The average Bonchev–Trinajstić information content (AvgIpc) is 2.35. The molecule has 0 bridgehead atoms. The molecule has 0 saturated heterocycles. The highest BCUT2D eigenvalue weighted by Crippen LogP contribution is 2.16. The van der Waals surface area contributed by atoms with Crippen molar-refractivity contribution in [3.63, 3.8) is 0 Å². The Morgan fingerprint density at radius 3 is 2.56 bits per heavy atom. The third-order valence-corrected chi connectivity index (χ3v) is 2.92. The smallest absolute Gasteiger partial charge is 0.332 e. The Morgan fingerprint density at radius 1 is 1.33 bits per heavy atom. The molecule has 0 aliphatic carbocycles. The van der Waals surface area contributed by atoms with Crippen molar-refractivity contribution in [2.75, 3.05) is 7.11 Å². The average molecular weight is 249 g/mol. The van der Waals surface area contributed by atoms with Crippen molar-refractivity contribution in [2.45, 2.75) is 13.1 Å². The van der Waals surface area contributed by atoms with Crippen molar-refractivity contribution in [2.24, 2.45) is 12.8 Å². The molecule has 0 saturated carbocycles. The molecular formula is C12H15N3O3. The molecule has 0 aliphatic heterocycles. The Kier molecular flexibility index (Phi) is 2.96. The van der Waals surface area contributed by atoms with Crippen LogP contribution in [0.25, 0.3) is 10.9 Å². The lowest BCUT2D eigenvalue weighted by atomic mass is 10.2. The highest BCUT2D eigenvalue weighted by Gasteiger charge is 2.13. The van der Waals surface area contributed by atoms with Crippen molar-refractivity contribution in [3.8, 4) is 5.75 Å². The maximum Gasteiger partial charge on any atom is 0.332 e. The van der Waals surface area contributed by atoms with Crippen LogP contribution in [-0.2, 0) is 7.05 Å². The van der Waals surface area contributed by atoms with Crippen molar-refractivity contribution in [3.05, 3.63) is 39.0 Å². The summed E-state index contributed by atoms with van der Waals surface area (Å²) in [6.07, 6.45) is -0.664. The molecule has 1 aromatic carbocycles. The van der Waals surface area contributed by atoms with E-state index in [-0.39, 0.29) is 5.56 Å². The van der Waals surface area contributed by atoms with Crippen LogP contribution in [0.15, 0.2) is 27.8 Å². The van der Waals surface area contributed by atoms with E-state index in [1.165, 1.54) is 11.7 Å². The van der Waals surface area contributed by atoms with Crippen LogP contribution in [0.3, 0.4) is 0 Å². The maximum absolute atomic E-state index is 12.2.